The van der Waals surface area contributed by atoms with E-state index < -0.39 is 5.60 Å². The van der Waals surface area contributed by atoms with E-state index in [1.807, 2.05) is 61.7 Å². The van der Waals surface area contributed by atoms with Crippen molar-refractivity contribution in [2.45, 2.75) is 19.4 Å². The molecule has 1 aromatic heterocycles. The van der Waals surface area contributed by atoms with Crippen LogP contribution in [0.2, 0.25) is 0 Å². The number of ether oxygens (including phenoxy) is 1. The average molecular weight is 270 g/mol. The molecule has 19 heavy (non-hydrogen) atoms. The highest BCUT2D eigenvalue weighted by Crippen LogP contribution is 2.44. The molecule has 0 saturated heterocycles. The molecular weight excluding hydrogens is 256 g/mol. The van der Waals surface area contributed by atoms with Gasteiger partial charge in [0.1, 0.15) is 0 Å². The second-order valence-electron chi connectivity index (χ2n) is 4.77. The summed E-state index contributed by atoms with van der Waals surface area (Å²) in [6, 6.07) is 13.8. The minimum atomic E-state index is -0.655. The van der Waals surface area contributed by atoms with Crippen LogP contribution in [-0.4, -0.2) is 5.97 Å². The minimum Gasteiger partial charge on any atom is -0.446 e. The topological polar surface area (TPSA) is 26.3 Å². The van der Waals surface area contributed by atoms with E-state index in [0.717, 1.165) is 16.0 Å². The number of cyclic esters (lactones) is 1. The number of esters is 1. The van der Waals surface area contributed by atoms with Gasteiger partial charge in [-0.3, -0.25) is 0 Å². The maximum Gasteiger partial charge on any atom is 0.340 e. The van der Waals surface area contributed by atoms with Gasteiger partial charge >= 0.3 is 5.97 Å². The molecule has 1 aliphatic heterocycles. The molecule has 2 heterocycles. The molecule has 1 atom stereocenters. The van der Waals surface area contributed by atoms with Gasteiger partial charge in [-0.15, -0.1) is 11.3 Å². The predicted molar refractivity (Wildman–Crippen MR) is 76.8 cm³/mol. The van der Waals surface area contributed by atoms with Crippen molar-refractivity contribution >= 4 is 22.9 Å². The lowest BCUT2D eigenvalue weighted by Crippen LogP contribution is -2.24. The Balaban J connectivity index is 2.14. The fraction of sp³-hybridized carbons (Fsp3) is 0.188. The predicted octanol–water partition coefficient (Wildman–Crippen LogP) is 3.99. The van der Waals surface area contributed by atoms with Crippen molar-refractivity contribution < 1.29 is 9.53 Å². The van der Waals surface area contributed by atoms with Crippen LogP contribution in [0, 0.1) is 0 Å². The third-order valence-electron chi connectivity index (χ3n) is 3.68. The van der Waals surface area contributed by atoms with Gasteiger partial charge < -0.3 is 4.74 Å². The van der Waals surface area contributed by atoms with Crippen LogP contribution in [0.25, 0.3) is 5.57 Å². The standard InChI is InChI=1S/C16H14O2S/c1-11-14(13-9-6-10-19-13)15(17)18-16(11,2)12-7-4-3-5-8-12/h3-10H,1-2H3. The molecule has 0 spiro atoms. The fourth-order valence-electron chi connectivity index (χ4n) is 2.44. The van der Waals surface area contributed by atoms with E-state index in [1.54, 1.807) is 11.3 Å². The van der Waals surface area contributed by atoms with Crippen molar-refractivity contribution in [2.24, 2.45) is 0 Å². The highest BCUT2D eigenvalue weighted by atomic mass is 32.1. The number of hydrogen-bond donors (Lipinski definition) is 0. The molecule has 2 aromatic rings. The summed E-state index contributed by atoms with van der Waals surface area (Å²) in [7, 11) is 0. The molecule has 1 aliphatic rings. The van der Waals surface area contributed by atoms with E-state index in [9.17, 15) is 4.79 Å². The molecule has 3 rings (SSSR count). The Morgan fingerprint density at radius 3 is 2.47 bits per heavy atom. The Bertz CT molecular complexity index is 641. The van der Waals surface area contributed by atoms with Gasteiger partial charge in [0.15, 0.2) is 5.60 Å². The first kappa shape index (κ1) is 12.2. The highest BCUT2D eigenvalue weighted by molar-refractivity contribution is 7.11. The quantitative estimate of drug-likeness (QED) is 0.771. The van der Waals surface area contributed by atoms with Gasteiger partial charge in [0, 0.05) is 4.88 Å². The van der Waals surface area contributed by atoms with Crippen molar-refractivity contribution in [3.8, 4) is 0 Å². The summed E-state index contributed by atoms with van der Waals surface area (Å²) >= 11 is 1.56. The van der Waals surface area contributed by atoms with Crippen LogP contribution in [0.15, 0.2) is 53.4 Å². The zero-order valence-corrected chi connectivity index (χ0v) is 11.7. The summed E-state index contributed by atoms with van der Waals surface area (Å²) in [6.45, 7) is 3.93. The Kier molecular flexibility index (Phi) is 2.79. The molecule has 1 unspecified atom stereocenters. The van der Waals surface area contributed by atoms with Crippen molar-refractivity contribution in [3.05, 3.63) is 63.9 Å². The summed E-state index contributed by atoms with van der Waals surface area (Å²) in [5, 5.41) is 1.97. The molecule has 1 aromatic carbocycles. The largest absolute Gasteiger partial charge is 0.446 e. The average Bonchev–Trinajstić information content (AvgIpc) is 3.00. The first-order chi connectivity index (χ1) is 9.13. The zero-order valence-electron chi connectivity index (χ0n) is 10.8. The Hall–Kier alpha value is -1.87. The molecule has 3 heteroatoms. The number of benzene rings is 1. The van der Waals surface area contributed by atoms with E-state index in [0.29, 0.717) is 5.57 Å². The van der Waals surface area contributed by atoms with Crippen molar-refractivity contribution in [1.29, 1.82) is 0 Å². The normalized spacial score (nSPS) is 22.7. The molecule has 2 nitrogen and oxygen atoms in total. The second kappa shape index (κ2) is 4.35. The summed E-state index contributed by atoms with van der Waals surface area (Å²) < 4.78 is 5.68. The Morgan fingerprint density at radius 1 is 1.11 bits per heavy atom. The number of carbonyl (C=O) groups excluding carboxylic acids is 1. The van der Waals surface area contributed by atoms with E-state index >= 15 is 0 Å². The molecule has 0 radical (unpaired) electrons. The lowest BCUT2D eigenvalue weighted by Gasteiger charge is -2.25. The van der Waals surface area contributed by atoms with Crippen LogP contribution in [0.3, 0.4) is 0 Å². The van der Waals surface area contributed by atoms with Crippen molar-refractivity contribution in [2.75, 3.05) is 0 Å². The molecule has 0 saturated carbocycles. The third kappa shape index (κ3) is 1.81. The maximum atomic E-state index is 12.2. The van der Waals surface area contributed by atoms with Crippen LogP contribution in [0.5, 0.6) is 0 Å². The first-order valence-corrected chi connectivity index (χ1v) is 7.05. The molecule has 0 bridgehead atoms. The zero-order chi connectivity index (χ0) is 13.5. The van der Waals surface area contributed by atoms with Gasteiger partial charge in [0.05, 0.1) is 5.57 Å². The first-order valence-electron chi connectivity index (χ1n) is 6.17. The number of carbonyl (C=O) groups is 1. The summed E-state index contributed by atoms with van der Waals surface area (Å²) in [5.41, 5.74) is 2.04. The van der Waals surface area contributed by atoms with Crippen LogP contribution in [0.1, 0.15) is 24.3 Å². The minimum absolute atomic E-state index is 0.230. The molecule has 0 fully saturated rings. The number of thiophene rings is 1. The molecule has 0 aliphatic carbocycles. The van der Waals surface area contributed by atoms with E-state index in [1.165, 1.54) is 0 Å². The lowest BCUT2D eigenvalue weighted by molar-refractivity contribution is -0.144. The molecule has 96 valence electrons. The van der Waals surface area contributed by atoms with Gasteiger partial charge in [-0.05, 0) is 36.4 Å². The monoisotopic (exact) mass is 270 g/mol. The van der Waals surface area contributed by atoms with Gasteiger partial charge in [0.2, 0.25) is 0 Å². The summed E-state index contributed by atoms with van der Waals surface area (Å²) in [4.78, 5) is 13.2. The van der Waals surface area contributed by atoms with E-state index in [4.69, 9.17) is 4.74 Å². The fourth-order valence-corrected chi connectivity index (χ4v) is 3.26. The van der Waals surface area contributed by atoms with Crippen LogP contribution < -0.4 is 0 Å². The number of rotatable bonds is 2. The summed E-state index contributed by atoms with van der Waals surface area (Å²) in [6.07, 6.45) is 0. The van der Waals surface area contributed by atoms with Gasteiger partial charge in [-0.2, -0.15) is 0 Å². The Morgan fingerprint density at radius 2 is 1.84 bits per heavy atom. The molecule has 0 amide bonds. The van der Waals surface area contributed by atoms with Crippen molar-refractivity contribution in [1.82, 2.24) is 0 Å². The molecular formula is C16H14O2S. The van der Waals surface area contributed by atoms with E-state index in [-0.39, 0.29) is 5.97 Å². The lowest BCUT2D eigenvalue weighted by atomic mass is 9.87. The SMILES string of the molecule is CC1=C(c2cccs2)C(=O)OC1(C)c1ccccc1. The van der Waals surface area contributed by atoms with E-state index in [2.05, 4.69) is 0 Å². The van der Waals surface area contributed by atoms with Gasteiger partial charge in [-0.25, -0.2) is 4.79 Å². The van der Waals surface area contributed by atoms with Gasteiger partial charge in [-0.1, -0.05) is 36.4 Å². The van der Waals surface area contributed by atoms with Crippen LogP contribution in [-0.2, 0) is 15.1 Å². The number of hydrogen-bond acceptors (Lipinski definition) is 3. The smallest absolute Gasteiger partial charge is 0.340 e. The Labute approximate surface area is 116 Å². The van der Waals surface area contributed by atoms with Crippen molar-refractivity contribution in [3.63, 3.8) is 0 Å². The second-order valence-corrected chi connectivity index (χ2v) is 5.71. The van der Waals surface area contributed by atoms with Crippen LogP contribution >= 0.6 is 11.3 Å². The van der Waals surface area contributed by atoms with Crippen LogP contribution in [0.4, 0.5) is 0 Å². The van der Waals surface area contributed by atoms with Gasteiger partial charge in [0.25, 0.3) is 0 Å². The third-order valence-corrected chi connectivity index (χ3v) is 4.57. The molecule has 0 N–H and O–H groups in total. The maximum absolute atomic E-state index is 12.2. The summed E-state index contributed by atoms with van der Waals surface area (Å²) in [5.74, 6) is -0.230. The highest BCUT2D eigenvalue weighted by Gasteiger charge is 2.43.